The molecule has 0 aromatic rings. The minimum atomic E-state index is -0.362. The third-order valence-corrected chi connectivity index (χ3v) is 21.3. The first-order chi connectivity index (χ1) is 36.5. The molecule has 0 spiro atoms. The fourth-order valence-corrected chi connectivity index (χ4v) is 11.1. The minimum Gasteiger partial charge on any atom is -0.459 e. The van der Waals surface area contributed by atoms with Gasteiger partial charge in [-0.25, -0.2) is 0 Å². The first-order valence-electron chi connectivity index (χ1n) is 32.7. The fourth-order valence-electron chi connectivity index (χ4n) is 11.1. The number of esters is 5. The number of hydrogen-bond donors (Lipinski definition) is 0. The van der Waals surface area contributed by atoms with E-state index in [1.54, 1.807) is 0 Å². The molecule has 0 saturated heterocycles. The maximum atomic E-state index is 12.4. The predicted octanol–water partition coefficient (Wildman–Crippen LogP) is 20.0. The van der Waals surface area contributed by atoms with Gasteiger partial charge in [0.05, 0.1) is 27.1 Å². The van der Waals surface area contributed by atoms with Crippen molar-refractivity contribution in [3.63, 3.8) is 0 Å². The summed E-state index contributed by atoms with van der Waals surface area (Å²) in [6, 6.07) is 0. The Bertz CT molecular complexity index is 1890. The summed E-state index contributed by atoms with van der Waals surface area (Å²) < 4.78 is 29.3. The molecule has 80 heavy (non-hydrogen) atoms. The quantitative estimate of drug-likeness (QED) is 0.0910. The summed E-state index contributed by atoms with van der Waals surface area (Å²) in [4.78, 5) is 60.6. The average Bonchev–Trinajstić information content (AvgIpc) is 4.28. The van der Waals surface area contributed by atoms with Crippen molar-refractivity contribution in [3.05, 3.63) is 0 Å². The zero-order valence-corrected chi connectivity index (χ0v) is 57.3. The van der Waals surface area contributed by atoms with Crippen LogP contribution in [0.25, 0.3) is 0 Å². The summed E-state index contributed by atoms with van der Waals surface area (Å²) in [6.07, 6.45) is 28.4. The van der Waals surface area contributed by atoms with Gasteiger partial charge in [0.2, 0.25) is 0 Å². The van der Waals surface area contributed by atoms with Crippen LogP contribution in [0.15, 0.2) is 0 Å². The lowest BCUT2D eigenvalue weighted by Gasteiger charge is -2.44. The van der Waals surface area contributed by atoms with Gasteiger partial charge in [0.25, 0.3) is 0 Å². The van der Waals surface area contributed by atoms with Crippen molar-refractivity contribution >= 4 is 29.8 Å². The molecule has 0 heterocycles. The van der Waals surface area contributed by atoms with Gasteiger partial charge in [0.15, 0.2) is 0 Å². The Morgan fingerprint density at radius 3 is 0.938 bits per heavy atom. The first kappa shape index (κ1) is 75.4. The molecule has 0 aromatic carbocycles. The Morgan fingerprint density at radius 2 is 0.625 bits per heavy atom. The highest BCUT2D eigenvalue weighted by molar-refractivity contribution is 5.78. The van der Waals surface area contributed by atoms with Crippen LogP contribution in [-0.4, -0.2) is 57.9 Å². The molecule has 5 saturated carbocycles. The van der Waals surface area contributed by atoms with E-state index in [0.29, 0.717) is 5.92 Å². The van der Waals surface area contributed by atoms with Crippen LogP contribution < -0.4 is 0 Å². The van der Waals surface area contributed by atoms with Crippen LogP contribution in [-0.2, 0) is 47.7 Å². The summed E-state index contributed by atoms with van der Waals surface area (Å²) in [5, 5.41) is 0. The fraction of sp³-hybridized carbons (Fsp3) is 0.929. The van der Waals surface area contributed by atoms with E-state index in [2.05, 4.69) is 69.2 Å². The number of carbonyl (C=O) groups excluding carboxylic acids is 5. The summed E-state index contributed by atoms with van der Waals surface area (Å²) in [5.74, 6) is 0.292. The van der Waals surface area contributed by atoms with Gasteiger partial charge in [-0.05, 0) is 255 Å². The number of carbonyl (C=O) groups is 5. The van der Waals surface area contributed by atoms with Crippen LogP contribution in [0.3, 0.4) is 0 Å². The van der Waals surface area contributed by atoms with E-state index < -0.39 is 0 Å². The highest BCUT2D eigenvalue weighted by atomic mass is 16.6. The summed E-state index contributed by atoms with van der Waals surface area (Å²) in [5.41, 5.74) is -2.58. The Hall–Kier alpha value is -2.65. The lowest BCUT2D eigenvalue weighted by molar-refractivity contribution is -0.185. The van der Waals surface area contributed by atoms with E-state index in [9.17, 15) is 24.0 Å². The van der Waals surface area contributed by atoms with E-state index >= 15 is 0 Å². The summed E-state index contributed by atoms with van der Waals surface area (Å²) >= 11 is 0. The lowest BCUT2D eigenvalue weighted by atomic mass is 9.71. The minimum absolute atomic E-state index is 0.0197. The van der Waals surface area contributed by atoms with Gasteiger partial charge >= 0.3 is 29.8 Å². The first-order valence-corrected chi connectivity index (χ1v) is 32.7. The smallest absolute Gasteiger partial charge is 0.312 e. The molecular weight excluding hydrogens is 1000 g/mol. The molecule has 5 fully saturated rings. The molecular formula is C70H130O10. The third-order valence-electron chi connectivity index (χ3n) is 21.3. The molecule has 5 aliphatic carbocycles. The van der Waals surface area contributed by atoms with Crippen LogP contribution in [0.5, 0.6) is 0 Å². The molecule has 0 bridgehead atoms. The van der Waals surface area contributed by atoms with E-state index in [1.165, 1.54) is 64.2 Å². The van der Waals surface area contributed by atoms with Crippen molar-refractivity contribution in [1.29, 1.82) is 0 Å². The zero-order chi connectivity index (χ0) is 62.1. The van der Waals surface area contributed by atoms with Gasteiger partial charge in [-0.2, -0.15) is 0 Å². The Labute approximate surface area is 493 Å². The normalized spacial score (nSPS) is 20.3. The highest BCUT2D eigenvalue weighted by Crippen LogP contribution is 2.50. The highest BCUT2D eigenvalue weighted by Gasteiger charge is 2.52. The zero-order valence-electron chi connectivity index (χ0n) is 57.3. The SMILES string of the molecule is CCC(C)(C)C(=O)OC1(C(C)(C)C)CCCC1.CCC(C)(C)C(=O)OC1(C(C)(C)CC)CCCC1.CCC(C)(C)C(=O)OC1(C(C)C)CCCC1.CCC(C)(C)C(=O)OC1(C)CCCC1.CCC1(OC(=O)C(C)(C)CC)CCCC1. The summed E-state index contributed by atoms with van der Waals surface area (Å²) in [7, 11) is 0. The van der Waals surface area contributed by atoms with Gasteiger partial charge in [0.1, 0.15) is 28.0 Å². The topological polar surface area (TPSA) is 132 Å². The average molecular weight is 1130 g/mol. The van der Waals surface area contributed by atoms with Gasteiger partial charge in [-0.3, -0.25) is 24.0 Å². The van der Waals surface area contributed by atoms with Crippen molar-refractivity contribution in [1.82, 2.24) is 0 Å². The Morgan fingerprint density at radius 1 is 0.350 bits per heavy atom. The molecule has 0 aromatic heterocycles. The van der Waals surface area contributed by atoms with E-state index in [-0.39, 0.29) is 95.8 Å². The Balaban J connectivity index is 0.000000501. The van der Waals surface area contributed by atoms with Gasteiger partial charge in [0, 0.05) is 10.8 Å². The number of hydrogen-bond acceptors (Lipinski definition) is 10. The molecule has 470 valence electrons. The number of rotatable bonds is 19. The molecule has 0 radical (unpaired) electrons. The van der Waals surface area contributed by atoms with Gasteiger partial charge < -0.3 is 23.7 Å². The monoisotopic (exact) mass is 1130 g/mol. The molecule has 0 atom stereocenters. The van der Waals surface area contributed by atoms with Crippen molar-refractivity contribution in [2.24, 2.45) is 43.8 Å². The molecule has 10 nitrogen and oxygen atoms in total. The second kappa shape index (κ2) is 30.4. The standard InChI is InChI=1S/C16H30O2.C15H28O2.C14H26O2.C13H24O2.C12H22O2/c1-7-14(3,4)13(17)18-16(11-9-10-12-16)15(5,6)8-2;1-7-14(5,6)12(16)17-15(13(2,3)4)10-8-9-11-15;1-6-13(4,5)12(15)16-14(11(2)3)9-7-8-10-14;1-5-12(3,4)11(14)15-13(6-2)9-7-8-10-13;1-5-11(2,3)10(13)14-12(4)8-6-7-9-12/h7-12H2,1-6H3;7-11H2,1-6H3;11H,6-10H2,1-5H3;5-10H2,1-4H3;5-9H2,1-4H3. The molecule has 10 heteroatoms. The van der Waals surface area contributed by atoms with Crippen LogP contribution in [0.2, 0.25) is 0 Å². The van der Waals surface area contributed by atoms with Crippen molar-refractivity contribution in [2.45, 2.75) is 374 Å². The third kappa shape index (κ3) is 20.6. The molecule has 5 aliphatic rings. The second-order valence-corrected chi connectivity index (χ2v) is 30.9. The second-order valence-electron chi connectivity index (χ2n) is 30.9. The largest absolute Gasteiger partial charge is 0.459 e. The maximum absolute atomic E-state index is 12.4. The van der Waals surface area contributed by atoms with Crippen LogP contribution in [0.1, 0.15) is 346 Å². The van der Waals surface area contributed by atoms with Gasteiger partial charge in [-0.1, -0.05) is 96.9 Å². The molecule has 0 unspecified atom stereocenters. The molecule has 0 N–H and O–H groups in total. The van der Waals surface area contributed by atoms with Crippen LogP contribution in [0.4, 0.5) is 0 Å². The van der Waals surface area contributed by atoms with E-state index in [4.69, 9.17) is 23.7 Å². The van der Waals surface area contributed by atoms with Crippen LogP contribution in [0, 0.1) is 43.8 Å². The molecule has 5 rings (SSSR count). The predicted molar refractivity (Wildman–Crippen MR) is 331 cm³/mol. The van der Waals surface area contributed by atoms with Gasteiger partial charge in [-0.15, -0.1) is 0 Å². The lowest BCUT2D eigenvalue weighted by Crippen LogP contribution is -2.48. The van der Waals surface area contributed by atoms with E-state index in [1.807, 2.05) is 104 Å². The van der Waals surface area contributed by atoms with Crippen molar-refractivity contribution in [2.75, 3.05) is 0 Å². The van der Waals surface area contributed by atoms with E-state index in [0.717, 1.165) is 109 Å². The summed E-state index contributed by atoms with van der Waals surface area (Å²) in [6.45, 7) is 51.6. The van der Waals surface area contributed by atoms with Crippen molar-refractivity contribution in [3.8, 4) is 0 Å². The maximum Gasteiger partial charge on any atom is 0.312 e. The number of ether oxygens (including phenoxy) is 5. The van der Waals surface area contributed by atoms with Crippen molar-refractivity contribution < 1.29 is 47.7 Å². The molecule has 0 aliphatic heterocycles. The Kier molecular flexibility index (Phi) is 28.7. The van der Waals surface area contributed by atoms with Crippen LogP contribution >= 0.6 is 0 Å². The molecule has 0 amide bonds.